The van der Waals surface area contributed by atoms with Gasteiger partial charge in [0.05, 0.1) is 5.56 Å². The molecule has 1 N–H and O–H groups in total. The summed E-state index contributed by atoms with van der Waals surface area (Å²) in [7, 11) is 0. The molecular weight excluding hydrogens is 418 g/mol. The lowest BCUT2D eigenvalue weighted by Gasteiger charge is -2.37. The van der Waals surface area contributed by atoms with Crippen LogP contribution in [0.15, 0.2) is 54.6 Å². The highest BCUT2D eigenvalue weighted by molar-refractivity contribution is 5.90. The quantitative estimate of drug-likeness (QED) is 0.500. The van der Waals surface area contributed by atoms with Crippen molar-refractivity contribution in [3.8, 4) is 5.75 Å². The molecule has 0 radical (unpaired) electrons. The number of carbonyl (C=O) groups excluding carboxylic acids is 1. The van der Waals surface area contributed by atoms with Crippen LogP contribution in [-0.4, -0.2) is 28.6 Å². The molecule has 1 atom stereocenters. The van der Waals surface area contributed by atoms with Crippen LogP contribution in [-0.2, 0) is 9.53 Å². The van der Waals surface area contributed by atoms with Gasteiger partial charge in [0, 0.05) is 0 Å². The second kappa shape index (κ2) is 9.67. The summed E-state index contributed by atoms with van der Waals surface area (Å²) in [4.78, 5) is 23.7. The van der Waals surface area contributed by atoms with Gasteiger partial charge < -0.3 is 14.6 Å². The molecule has 3 rings (SSSR count). The van der Waals surface area contributed by atoms with Gasteiger partial charge in [-0.1, -0.05) is 49.6 Å². The lowest BCUT2D eigenvalue weighted by atomic mass is 9.79. The maximum atomic E-state index is 14.3. The molecular formula is C25H28F2O5. The van der Waals surface area contributed by atoms with E-state index in [0.717, 1.165) is 12.8 Å². The smallest absolute Gasteiger partial charge is 0.382 e. The van der Waals surface area contributed by atoms with Gasteiger partial charge in [-0.05, 0) is 62.4 Å². The first-order valence-corrected chi connectivity index (χ1v) is 10.8. The minimum atomic E-state index is -4.29. The number of carboxylic acid groups (broad SMARTS) is 1. The molecule has 0 spiro atoms. The molecule has 2 aromatic rings. The number of hydrogen-bond donors (Lipinski definition) is 1. The summed E-state index contributed by atoms with van der Waals surface area (Å²) >= 11 is 0. The van der Waals surface area contributed by atoms with Gasteiger partial charge in [0.25, 0.3) is 0 Å². The summed E-state index contributed by atoms with van der Waals surface area (Å²) in [5.41, 5.74) is -0.456. The number of ether oxygens (including phenoxy) is 2. The third kappa shape index (κ3) is 5.44. The van der Waals surface area contributed by atoms with Crippen LogP contribution >= 0.6 is 0 Å². The number of esters is 1. The summed E-state index contributed by atoms with van der Waals surface area (Å²) in [5, 5.41) is 8.95. The van der Waals surface area contributed by atoms with Gasteiger partial charge in [-0.25, -0.2) is 9.59 Å². The van der Waals surface area contributed by atoms with Crippen molar-refractivity contribution in [2.24, 2.45) is 5.92 Å². The second-order valence-electron chi connectivity index (χ2n) is 8.69. The molecule has 32 heavy (non-hydrogen) atoms. The van der Waals surface area contributed by atoms with Gasteiger partial charge in [0.2, 0.25) is 6.10 Å². The first kappa shape index (κ1) is 23.7. The van der Waals surface area contributed by atoms with Crippen LogP contribution in [0.1, 0.15) is 68.0 Å². The van der Waals surface area contributed by atoms with Gasteiger partial charge in [-0.15, -0.1) is 0 Å². The van der Waals surface area contributed by atoms with E-state index in [4.69, 9.17) is 14.6 Å². The Balaban J connectivity index is 1.73. The molecule has 0 bridgehead atoms. The van der Waals surface area contributed by atoms with Crippen LogP contribution in [0.5, 0.6) is 5.75 Å². The van der Waals surface area contributed by atoms with Crippen molar-refractivity contribution >= 4 is 11.9 Å². The van der Waals surface area contributed by atoms with E-state index in [2.05, 4.69) is 0 Å². The van der Waals surface area contributed by atoms with E-state index in [-0.39, 0.29) is 16.7 Å². The fourth-order valence-corrected chi connectivity index (χ4v) is 4.11. The third-order valence-corrected chi connectivity index (χ3v) is 6.00. The SMILES string of the molecule is CC(C)(Oc1ccc(C(=O)OC(c2ccccc2)C(F)(F)C(=O)O)cc1)C1CCCCC1. The summed E-state index contributed by atoms with van der Waals surface area (Å²) in [6.07, 6.45) is 3.58. The van der Waals surface area contributed by atoms with Crippen molar-refractivity contribution in [2.75, 3.05) is 0 Å². The Morgan fingerprint density at radius 2 is 1.56 bits per heavy atom. The summed E-state index contributed by atoms with van der Waals surface area (Å²) < 4.78 is 39.7. The Labute approximate surface area is 186 Å². The Morgan fingerprint density at radius 3 is 2.12 bits per heavy atom. The van der Waals surface area contributed by atoms with E-state index in [1.807, 2.05) is 13.8 Å². The van der Waals surface area contributed by atoms with Crippen LogP contribution in [0.3, 0.4) is 0 Å². The lowest BCUT2D eigenvalue weighted by Crippen LogP contribution is -2.38. The minimum Gasteiger partial charge on any atom is -0.488 e. The molecule has 172 valence electrons. The van der Waals surface area contributed by atoms with Crippen LogP contribution in [0.25, 0.3) is 0 Å². The molecule has 0 amide bonds. The Morgan fingerprint density at radius 1 is 0.969 bits per heavy atom. The predicted molar refractivity (Wildman–Crippen MR) is 115 cm³/mol. The maximum absolute atomic E-state index is 14.3. The minimum absolute atomic E-state index is 0.0231. The first-order valence-electron chi connectivity index (χ1n) is 10.8. The number of carboxylic acids is 1. The Kier molecular flexibility index (Phi) is 7.16. The maximum Gasteiger partial charge on any atom is 0.382 e. The molecule has 5 nitrogen and oxygen atoms in total. The summed E-state index contributed by atoms with van der Waals surface area (Å²) in [6.45, 7) is 4.09. The molecule has 1 unspecified atom stereocenters. The zero-order valence-corrected chi connectivity index (χ0v) is 18.2. The molecule has 1 saturated carbocycles. The van der Waals surface area contributed by atoms with E-state index >= 15 is 0 Å². The summed E-state index contributed by atoms with van der Waals surface area (Å²) in [6, 6.07) is 13.1. The monoisotopic (exact) mass is 446 g/mol. The molecule has 1 aliphatic carbocycles. The van der Waals surface area contributed by atoms with Crippen molar-refractivity contribution in [1.29, 1.82) is 0 Å². The van der Waals surface area contributed by atoms with Crippen molar-refractivity contribution in [2.45, 2.75) is 63.6 Å². The zero-order valence-electron chi connectivity index (χ0n) is 18.2. The number of hydrogen-bond acceptors (Lipinski definition) is 4. The average Bonchev–Trinajstić information content (AvgIpc) is 2.78. The number of aliphatic carboxylic acids is 1. The molecule has 0 heterocycles. The molecule has 1 fully saturated rings. The third-order valence-electron chi connectivity index (χ3n) is 6.00. The molecule has 0 aliphatic heterocycles. The molecule has 0 aromatic heterocycles. The lowest BCUT2D eigenvalue weighted by molar-refractivity contribution is -0.183. The molecule has 7 heteroatoms. The Hall–Kier alpha value is -2.96. The van der Waals surface area contributed by atoms with Gasteiger partial charge >= 0.3 is 17.9 Å². The van der Waals surface area contributed by atoms with Crippen molar-refractivity contribution in [1.82, 2.24) is 0 Å². The number of benzene rings is 2. The topological polar surface area (TPSA) is 72.8 Å². The molecule has 0 saturated heterocycles. The van der Waals surface area contributed by atoms with Gasteiger partial charge in [-0.3, -0.25) is 0 Å². The first-order chi connectivity index (χ1) is 15.1. The van der Waals surface area contributed by atoms with Crippen molar-refractivity contribution in [3.05, 3.63) is 65.7 Å². The number of rotatable bonds is 8. The standard InChI is InChI=1S/C25H28F2O5/c1-24(2,19-11-7-4-8-12-19)32-20-15-13-18(14-16-20)22(28)31-21(25(26,27)23(29)30)17-9-5-3-6-10-17/h3,5-6,9-10,13-16,19,21H,4,7-8,11-12H2,1-2H3,(H,29,30). The van der Waals surface area contributed by atoms with Gasteiger partial charge in [-0.2, -0.15) is 8.78 Å². The largest absolute Gasteiger partial charge is 0.488 e. The van der Waals surface area contributed by atoms with Gasteiger partial charge in [0.1, 0.15) is 11.4 Å². The average molecular weight is 446 g/mol. The van der Waals surface area contributed by atoms with Gasteiger partial charge in [0.15, 0.2) is 0 Å². The fraction of sp³-hybridized carbons (Fsp3) is 0.440. The fourth-order valence-electron chi connectivity index (χ4n) is 4.11. The van der Waals surface area contributed by atoms with Crippen LogP contribution in [0, 0.1) is 5.92 Å². The van der Waals surface area contributed by atoms with Crippen molar-refractivity contribution < 1.29 is 33.0 Å². The van der Waals surface area contributed by atoms with E-state index in [1.54, 1.807) is 18.2 Å². The van der Waals surface area contributed by atoms with Crippen LogP contribution in [0.4, 0.5) is 8.78 Å². The molecule has 2 aromatic carbocycles. The van der Waals surface area contributed by atoms with E-state index in [9.17, 15) is 18.4 Å². The van der Waals surface area contributed by atoms with E-state index in [0.29, 0.717) is 11.7 Å². The summed E-state index contributed by atoms with van der Waals surface area (Å²) in [5.74, 6) is -6.70. The Bertz CT molecular complexity index is 919. The van der Waals surface area contributed by atoms with E-state index in [1.165, 1.54) is 55.7 Å². The van der Waals surface area contributed by atoms with Crippen molar-refractivity contribution in [3.63, 3.8) is 0 Å². The predicted octanol–water partition coefficient (Wildman–Crippen LogP) is 6.04. The van der Waals surface area contributed by atoms with Crippen LogP contribution in [0.2, 0.25) is 0 Å². The number of carbonyl (C=O) groups is 2. The highest BCUT2D eigenvalue weighted by atomic mass is 19.3. The highest BCUT2D eigenvalue weighted by Crippen LogP contribution is 2.37. The number of alkyl halides is 2. The number of halogens is 2. The molecule has 1 aliphatic rings. The normalized spacial score (nSPS) is 16.2. The second-order valence-corrected chi connectivity index (χ2v) is 8.69. The zero-order chi connectivity index (χ0) is 23.4. The highest BCUT2D eigenvalue weighted by Gasteiger charge is 2.51. The van der Waals surface area contributed by atoms with E-state index < -0.39 is 24.0 Å². The van der Waals surface area contributed by atoms with Crippen LogP contribution < -0.4 is 4.74 Å².